The van der Waals surface area contributed by atoms with E-state index in [4.69, 9.17) is 5.26 Å². The zero-order chi connectivity index (χ0) is 6.99. The summed E-state index contributed by atoms with van der Waals surface area (Å²) in [7, 11) is 3.75. The van der Waals surface area contributed by atoms with Crippen LogP contribution in [0.2, 0.25) is 0 Å². The topological polar surface area (TPSA) is 52.9 Å². The van der Waals surface area contributed by atoms with Gasteiger partial charge in [-0.05, 0) is 14.1 Å². The third-order valence-corrected chi connectivity index (χ3v) is 0.157. The van der Waals surface area contributed by atoms with Gasteiger partial charge in [-0.1, -0.05) is 0 Å². The molecule has 0 aliphatic rings. The first-order valence-electron chi connectivity index (χ1n) is 2.18. The normalized spacial score (nSPS) is 5.75. The van der Waals surface area contributed by atoms with E-state index < -0.39 is 5.78 Å². The Morgan fingerprint density at radius 2 is 1.75 bits per heavy atom. The molecule has 8 heavy (non-hydrogen) atoms. The summed E-state index contributed by atoms with van der Waals surface area (Å²) >= 11 is 0. The predicted octanol–water partition coefficient (Wildman–Crippen LogP) is -0.0654. The van der Waals surface area contributed by atoms with Gasteiger partial charge >= 0.3 is 0 Å². The Balaban J connectivity index is 0. The van der Waals surface area contributed by atoms with Gasteiger partial charge in [0.15, 0.2) is 0 Å². The van der Waals surface area contributed by atoms with Crippen LogP contribution in [0.4, 0.5) is 0 Å². The van der Waals surface area contributed by atoms with Gasteiger partial charge < -0.3 is 5.32 Å². The Hall–Kier alpha value is -0.880. The number of nitrogens with zero attached hydrogens (tertiary/aromatic N) is 1. The highest BCUT2D eigenvalue weighted by atomic mass is 16.1. The van der Waals surface area contributed by atoms with Crippen molar-refractivity contribution in [1.82, 2.24) is 5.32 Å². The number of ketones is 1. The molecule has 3 nitrogen and oxygen atoms in total. The van der Waals surface area contributed by atoms with E-state index in [-0.39, 0.29) is 0 Å². The van der Waals surface area contributed by atoms with Crippen molar-refractivity contribution in [2.45, 2.75) is 6.92 Å². The number of carbonyl (C=O) groups is 1. The first-order valence-corrected chi connectivity index (χ1v) is 2.18. The van der Waals surface area contributed by atoms with Crippen molar-refractivity contribution in [2.75, 3.05) is 14.1 Å². The maximum absolute atomic E-state index is 9.45. The fraction of sp³-hybridized carbons (Fsp3) is 0.600. The molecule has 1 N–H and O–H groups in total. The minimum atomic E-state index is -0.440. The Labute approximate surface area is 49.3 Å². The van der Waals surface area contributed by atoms with Gasteiger partial charge in [0.25, 0.3) is 0 Å². The van der Waals surface area contributed by atoms with E-state index in [9.17, 15) is 4.79 Å². The molecule has 0 aliphatic carbocycles. The van der Waals surface area contributed by atoms with Crippen LogP contribution in [-0.2, 0) is 4.79 Å². The summed E-state index contributed by atoms with van der Waals surface area (Å²) < 4.78 is 0. The van der Waals surface area contributed by atoms with Crippen molar-refractivity contribution in [1.29, 1.82) is 5.26 Å². The summed E-state index contributed by atoms with van der Waals surface area (Å²) in [5.41, 5.74) is 0. The van der Waals surface area contributed by atoms with Gasteiger partial charge in [-0.15, -0.1) is 0 Å². The highest BCUT2D eigenvalue weighted by Gasteiger charge is 1.75. The Kier molecular flexibility index (Phi) is 12.0. The summed E-state index contributed by atoms with van der Waals surface area (Å²) in [6, 6.07) is 1.39. The van der Waals surface area contributed by atoms with Crippen LogP contribution < -0.4 is 5.32 Å². The van der Waals surface area contributed by atoms with E-state index in [0.717, 1.165) is 0 Å². The molecular formula is C5H10N2O. The van der Waals surface area contributed by atoms with E-state index in [0.29, 0.717) is 0 Å². The second-order valence-electron chi connectivity index (χ2n) is 1.17. The molecule has 0 amide bonds. The number of Topliss-reactive ketones (excluding diaryl/α,β-unsaturated/α-hetero) is 1. The van der Waals surface area contributed by atoms with E-state index in [1.807, 2.05) is 14.1 Å². The summed E-state index contributed by atoms with van der Waals surface area (Å²) in [4.78, 5) is 9.45. The van der Waals surface area contributed by atoms with Crippen LogP contribution in [0.15, 0.2) is 0 Å². The number of rotatable bonds is 0. The third-order valence-electron chi connectivity index (χ3n) is 0.157. The molecule has 0 aromatic heterocycles. The highest BCUT2D eigenvalue weighted by Crippen LogP contribution is 1.52. The number of hydrogen-bond donors (Lipinski definition) is 1. The van der Waals surface area contributed by atoms with Gasteiger partial charge in [-0.3, -0.25) is 4.79 Å². The first-order chi connectivity index (χ1) is 3.68. The largest absolute Gasteiger partial charge is 0.323 e. The van der Waals surface area contributed by atoms with Crippen LogP contribution in [0, 0.1) is 11.3 Å². The van der Waals surface area contributed by atoms with Crippen molar-refractivity contribution >= 4 is 5.78 Å². The number of nitriles is 1. The minimum Gasteiger partial charge on any atom is -0.323 e. The molecule has 0 unspecified atom stereocenters. The Bertz CT molecular complexity index is 93.1. The van der Waals surface area contributed by atoms with Crippen LogP contribution >= 0.6 is 0 Å². The van der Waals surface area contributed by atoms with Gasteiger partial charge in [0, 0.05) is 6.92 Å². The molecule has 0 saturated heterocycles. The summed E-state index contributed by atoms with van der Waals surface area (Å²) in [5, 5.41) is 10.3. The van der Waals surface area contributed by atoms with Crippen molar-refractivity contribution in [3.05, 3.63) is 0 Å². The standard InChI is InChI=1S/C3H3NO.C2H7N/c1-3(5)2-4;1-3-2/h1H3;3H,1-2H3. The maximum atomic E-state index is 9.45. The fourth-order valence-electron chi connectivity index (χ4n) is 0. The molecule has 0 bridgehead atoms. The van der Waals surface area contributed by atoms with Crippen molar-refractivity contribution in [3.8, 4) is 6.07 Å². The molecule has 0 fully saturated rings. The second-order valence-corrected chi connectivity index (χ2v) is 1.17. The van der Waals surface area contributed by atoms with Gasteiger partial charge in [-0.2, -0.15) is 5.26 Å². The van der Waals surface area contributed by atoms with Crippen molar-refractivity contribution in [2.24, 2.45) is 0 Å². The van der Waals surface area contributed by atoms with Crippen molar-refractivity contribution in [3.63, 3.8) is 0 Å². The third kappa shape index (κ3) is 69.3. The fourth-order valence-corrected chi connectivity index (χ4v) is 0. The van der Waals surface area contributed by atoms with Gasteiger partial charge in [0.05, 0.1) is 0 Å². The summed E-state index contributed by atoms with van der Waals surface area (Å²) in [5.74, 6) is -0.440. The zero-order valence-electron chi connectivity index (χ0n) is 5.36. The average Bonchev–Trinajstić information content (AvgIpc) is 1.69. The molecule has 0 saturated carbocycles. The van der Waals surface area contributed by atoms with Crippen LogP contribution in [0.3, 0.4) is 0 Å². The second kappa shape index (κ2) is 9.45. The number of nitrogens with one attached hydrogen (secondary N) is 1. The molecule has 0 aromatic rings. The number of hydrogen-bond acceptors (Lipinski definition) is 3. The Morgan fingerprint density at radius 3 is 1.75 bits per heavy atom. The molecule has 3 heteroatoms. The minimum absolute atomic E-state index is 0.440. The molecule has 0 rings (SSSR count). The van der Waals surface area contributed by atoms with Crippen molar-refractivity contribution < 1.29 is 4.79 Å². The molecule has 0 radical (unpaired) electrons. The molecule has 0 heterocycles. The van der Waals surface area contributed by atoms with E-state index >= 15 is 0 Å². The van der Waals surface area contributed by atoms with E-state index in [2.05, 4.69) is 5.32 Å². The monoisotopic (exact) mass is 114 g/mol. The predicted molar refractivity (Wildman–Crippen MR) is 31.3 cm³/mol. The lowest BCUT2D eigenvalue weighted by atomic mass is 10.5. The van der Waals surface area contributed by atoms with Crippen LogP contribution in [0.5, 0.6) is 0 Å². The lowest BCUT2D eigenvalue weighted by Crippen LogP contribution is -1.89. The van der Waals surface area contributed by atoms with Gasteiger partial charge in [0.1, 0.15) is 6.07 Å². The molecule has 0 aromatic carbocycles. The SMILES string of the molecule is CC(=O)C#N.CNC. The van der Waals surface area contributed by atoms with Crippen LogP contribution in [-0.4, -0.2) is 19.9 Å². The molecule has 46 valence electrons. The summed E-state index contributed by atoms with van der Waals surface area (Å²) in [6.45, 7) is 1.22. The Morgan fingerprint density at radius 1 is 1.62 bits per heavy atom. The zero-order valence-corrected chi connectivity index (χ0v) is 5.36. The van der Waals surface area contributed by atoms with Crippen LogP contribution in [0.25, 0.3) is 0 Å². The molecule has 0 aliphatic heterocycles. The molecular weight excluding hydrogens is 104 g/mol. The smallest absolute Gasteiger partial charge is 0.228 e. The van der Waals surface area contributed by atoms with Gasteiger partial charge in [0.2, 0.25) is 5.78 Å². The molecule has 0 spiro atoms. The average molecular weight is 114 g/mol. The van der Waals surface area contributed by atoms with Gasteiger partial charge in [-0.25, -0.2) is 0 Å². The summed E-state index contributed by atoms with van der Waals surface area (Å²) in [6.07, 6.45) is 0. The number of carbonyl (C=O) groups excluding carboxylic acids is 1. The lowest BCUT2D eigenvalue weighted by Gasteiger charge is -1.59. The highest BCUT2D eigenvalue weighted by molar-refractivity contribution is 5.90. The molecule has 0 atom stereocenters. The van der Waals surface area contributed by atoms with Crippen LogP contribution in [0.1, 0.15) is 6.92 Å². The maximum Gasteiger partial charge on any atom is 0.228 e. The van der Waals surface area contributed by atoms with E-state index in [1.165, 1.54) is 13.0 Å². The quantitative estimate of drug-likeness (QED) is 0.449. The lowest BCUT2D eigenvalue weighted by molar-refractivity contribution is -0.112. The van der Waals surface area contributed by atoms with E-state index in [1.54, 1.807) is 0 Å². The first kappa shape index (κ1) is 10.2.